The fourth-order valence-corrected chi connectivity index (χ4v) is 1.17. The van der Waals surface area contributed by atoms with E-state index in [4.69, 9.17) is 4.74 Å². The Labute approximate surface area is 93.7 Å². The van der Waals surface area contributed by atoms with Crippen LogP contribution in [0, 0.1) is 11.8 Å². The zero-order valence-electron chi connectivity index (χ0n) is 10.5. The molecule has 15 heavy (non-hydrogen) atoms. The highest BCUT2D eigenvalue weighted by Crippen LogP contribution is 2.12. The molecule has 2 heteroatoms. The van der Waals surface area contributed by atoms with Crippen LogP contribution < -0.4 is 0 Å². The minimum absolute atomic E-state index is 0.229. The third-order valence-electron chi connectivity index (χ3n) is 2.10. The van der Waals surface area contributed by atoms with E-state index < -0.39 is 0 Å². The van der Waals surface area contributed by atoms with Crippen molar-refractivity contribution in [3.8, 4) is 0 Å². The molecule has 0 rings (SSSR count). The van der Waals surface area contributed by atoms with E-state index in [0.29, 0.717) is 24.0 Å². The minimum atomic E-state index is -0.229. The lowest BCUT2D eigenvalue weighted by molar-refractivity contribution is -0.140. The zero-order chi connectivity index (χ0) is 11.8. The van der Waals surface area contributed by atoms with Crippen molar-refractivity contribution in [2.45, 2.75) is 47.0 Å². The average Bonchev–Trinajstić information content (AvgIpc) is 2.13. The Bertz CT molecular complexity index is 205. The Balaban J connectivity index is 3.65. The number of hydrogen-bond donors (Lipinski definition) is 0. The molecule has 0 radical (unpaired) electrons. The van der Waals surface area contributed by atoms with Crippen LogP contribution in [0.1, 0.15) is 47.0 Å². The van der Waals surface area contributed by atoms with Crippen molar-refractivity contribution in [3.63, 3.8) is 0 Å². The first-order valence-electron chi connectivity index (χ1n) is 5.78. The summed E-state index contributed by atoms with van der Waals surface area (Å²) in [6.07, 6.45) is 2.92. The van der Waals surface area contributed by atoms with Gasteiger partial charge in [-0.15, -0.1) is 0 Å². The largest absolute Gasteiger partial charge is 0.462 e. The molecule has 0 aromatic rings. The van der Waals surface area contributed by atoms with Gasteiger partial charge < -0.3 is 4.74 Å². The van der Waals surface area contributed by atoms with Gasteiger partial charge in [-0.1, -0.05) is 40.7 Å². The summed E-state index contributed by atoms with van der Waals surface area (Å²) in [6, 6.07) is 0. The predicted octanol–water partition coefficient (Wildman–Crippen LogP) is 3.57. The lowest BCUT2D eigenvalue weighted by atomic mass is 10.0. The summed E-state index contributed by atoms with van der Waals surface area (Å²) >= 11 is 0. The maximum atomic E-state index is 11.4. The molecule has 0 unspecified atom stereocenters. The Hall–Kier alpha value is -0.790. The number of esters is 1. The first-order valence-corrected chi connectivity index (χ1v) is 5.78. The number of carbonyl (C=O) groups is 1. The number of ether oxygens (including phenoxy) is 1. The van der Waals surface area contributed by atoms with Gasteiger partial charge in [0.25, 0.3) is 0 Å². The lowest BCUT2D eigenvalue weighted by Crippen LogP contribution is -2.11. The van der Waals surface area contributed by atoms with E-state index in [1.807, 2.05) is 13.8 Å². The Morgan fingerprint density at radius 3 is 2.27 bits per heavy atom. The second kappa shape index (κ2) is 7.49. The van der Waals surface area contributed by atoms with Crippen LogP contribution in [-0.4, -0.2) is 12.6 Å². The lowest BCUT2D eigenvalue weighted by Gasteiger charge is -2.09. The Kier molecular flexibility index (Phi) is 7.10. The smallest absolute Gasteiger partial charge is 0.333 e. The molecule has 0 spiro atoms. The molecule has 2 nitrogen and oxygen atoms in total. The van der Waals surface area contributed by atoms with Gasteiger partial charge in [-0.25, -0.2) is 4.79 Å². The normalized spacial score (nSPS) is 10.8. The summed E-state index contributed by atoms with van der Waals surface area (Å²) in [5.74, 6) is 0.842. The summed E-state index contributed by atoms with van der Waals surface area (Å²) in [7, 11) is 0. The molecule has 0 heterocycles. The molecule has 0 bridgehead atoms. The highest BCUT2D eigenvalue weighted by atomic mass is 16.5. The maximum Gasteiger partial charge on any atom is 0.333 e. The fraction of sp³-hybridized carbons (Fsp3) is 0.769. The van der Waals surface area contributed by atoms with Crippen LogP contribution in [0.25, 0.3) is 0 Å². The molecule has 0 saturated carbocycles. The molecule has 0 aromatic heterocycles. The predicted molar refractivity (Wildman–Crippen MR) is 63.6 cm³/mol. The van der Waals surface area contributed by atoms with Gasteiger partial charge in [0, 0.05) is 5.57 Å². The number of carbonyl (C=O) groups excluding carboxylic acids is 1. The second-order valence-corrected chi connectivity index (χ2v) is 4.88. The molecule has 0 saturated heterocycles. The third-order valence-corrected chi connectivity index (χ3v) is 2.10. The molecule has 0 atom stereocenters. The monoisotopic (exact) mass is 212 g/mol. The van der Waals surface area contributed by atoms with Crippen LogP contribution in [0.15, 0.2) is 12.2 Å². The van der Waals surface area contributed by atoms with Crippen LogP contribution in [0.4, 0.5) is 0 Å². The quantitative estimate of drug-likeness (QED) is 0.476. The molecular formula is C13H24O2. The van der Waals surface area contributed by atoms with E-state index in [1.165, 1.54) is 0 Å². The van der Waals surface area contributed by atoms with Crippen molar-refractivity contribution < 1.29 is 9.53 Å². The van der Waals surface area contributed by atoms with E-state index >= 15 is 0 Å². The van der Waals surface area contributed by atoms with E-state index in [-0.39, 0.29) is 5.97 Å². The van der Waals surface area contributed by atoms with Crippen LogP contribution >= 0.6 is 0 Å². The first kappa shape index (κ1) is 14.2. The van der Waals surface area contributed by atoms with E-state index in [1.54, 1.807) is 0 Å². The highest BCUT2D eigenvalue weighted by Gasteiger charge is 2.09. The molecule has 0 aliphatic heterocycles. The zero-order valence-corrected chi connectivity index (χ0v) is 10.5. The van der Waals surface area contributed by atoms with Gasteiger partial charge in [0.2, 0.25) is 0 Å². The summed E-state index contributed by atoms with van der Waals surface area (Å²) in [5.41, 5.74) is 0.608. The molecular weight excluding hydrogens is 188 g/mol. The topological polar surface area (TPSA) is 26.3 Å². The first-order chi connectivity index (χ1) is 6.93. The maximum absolute atomic E-state index is 11.4. The average molecular weight is 212 g/mol. The standard InChI is InChI=1S/C13H24O2/c1-10(2)7-6-8-12(5)13(14)15-9-11(3)4/h10-11H,5-9H2,1-4H3. The molecule has 88 valence electrons. The van der Waals surface area contributed by atoms with Gasteiger partial charge in [0.15, 0.2) is 0 Å². The summed E-state index contributed by atoms with van der Waals surface area (Å²) < 4.78 is 5.08. The van der Waals surface area contributed by atoms with Gasteiger partial charge in [-0.2, -0.15) is 0 Å². The van der Waals surface area contributed by atoms with Crippen molar-refractivity contribution in [2.75, 3.05) is 6.61 Å². The Morgan fingerprint density at radius 2 is 1.80 bits per heavy atom. The van der Waals surface area contributed by atoms with Crippen LogP contribution in [0.5, 0.6) is 0 Å². The number of rotatable bonds is 7. The van der Waals surface area contributed by atoms with Gasteiger partial charge in [0.1, 0.15) is 0 Å². The SMILES string of the molecule is C=C(CCCC(C)C)C(=O)OCC(C)C. The summed E-state index contributed by atoms with van der Waals surface area (Å²) in [4.78, 5) is 11.4. The van der Waals surface area contributed by atoms with Crippen molar-refractivity contribution in [2.24, 2.45) is 11.8 Å². The fourth-order valence-electron chi connectivity index (χ4n) is 1.17. The Morgan fingerprint density at radius 1 is 1.20 bits per heavy atom. The summed E-state index contributed by atoms with van der Waals surface area (Å²) in [6.45, 7) is 12.6. The van der Waals surface area contributed by atoms with Gasteiger partial charge in [-0.3, -0.25) is 0 Å². The third kappa shape index (κ3) is 8.22. The molecule has 0 aromatic carbocycles. The van der Waals surface area contributed by atoms with Crippen molar-refractivity contribution in [1.29, 1.82) is 0 Å². The minimum Gasteiger partial charge on any atom is -0.462 e. The number of hydrogen-bond acceptors (Lipinski definition) is 2. The van der Waals surface area contributed by atoms with E-state index in [9.17, 15) is 4.79 Å². The van der Waals surface area contributed by atoms with Crippen LogP contribution in [0.2, 0.25) is 0 Å². The summed E-state index contributed by atoms with van der Waals surface area (Å²) in [5, 5.41) is 0. The molecule has 0 amide bonds. The van der Waals surface area contributed by atoms with Gasteiger partial charge in [-0.05, 0) is 24.7 Å². The molecule has 0 fully saturated rings. The second-order valence-electron chi connectivity index (χ2n) is 4.88. The van der Waals surface area contributed by atoms with Crippen LogP contribution in [0.3, 0.4) is 0 Å². The van der Waals surface area contributed by atoms with E-state index in [0.717, 1.165) is 19.3 Å². The molecule has 0 aliphatic rings. The van der Waals surface area contributed by atoms with E-state index in [2.05, 4.69) is 20.4 Å². The van der Waals surface area contributed by atoms with Gasteiger partial charge >= 0.3 is 5.97 Å². The molecule has 0 N–H and O–H groups in total. The highest BCUT2D eigenvalue weighted by molar-refractivity contribution is 5.87. The van der Waals surface area contributed by atoms with Crippen LogP contribution in [-0.2, 0) is 9.53 Å². The van der Waals surface area contributed by atoms with Gasteiger partial charge in [0.05, 0.1) is 6.61 Å². The van der Waals surface area contributed by atoms with Crippen molar-refractivity contribution in [1.82, 2.24) is 0 Å². The molecule has 0 aliphatic carbocycles. The van der Waals surface area contributed by atoms with Crippen molar-refractivity contribution in [3.05, 3.63) is 12.2 Å². The van der Waals surface area contributed by atoms with Crippen molar-refractivity contribution >= 4 is 5.97 Å².